The van der Waals surface area contributed by atoms with E-state index in [0.717, 1.165) is 57.3 Å². The van der Waals surface area contributed by atoms with Gasteiger partial charge < -0.3 is 22.0 Å². The summed E-state index contributed by atoms with van der Waals surface area (Å²) in [6.07, 6.45) is 40.9. The molecule has 0 saturated heterocycles. The molecule has 20 heterocycles. The molecule has 0 N–H and O–H groups in total. The summed E-state index contributed by atoms with van der Waals surface area (Å²) in [7, 11) is 0. The van der Waals surface area contributed by atoms with Gasteiger partial charge in [-0.1, -0.05) is 169 Å². The molecule has 0 aliphatic rings. The molecule has 708 valence electrons. The maximum atomic E-state index is 13.9. The van der Waals surface area contributed by atoms with Crippen molar-refractivity contribution >= 4 is 73.1 Å². The quantitative estimate of drug-likeness (QED) is 0.0930. The average molecular weight is 1850 g/mol. The van der Waals surface area contributed by atoms with Crippen molar-refractivity contribution in [1.29, 1.82) is 0 Å². The van der Waals surface area contributed by atoms with E-state index in [1.54, 1.807) is 75.2 Å². The van der Waals surface area contributed by atoms with E-state index in [1.807, 2.05) is 173 Å². The Labute approximate surface area is 793 Å². The molecule has 20 rings (SSSR count). The fourth-order valence-corrected chi connectivity index (χ4v) is 15.7. The second-order valence-electron chi connectivity index (χ2n) is 36.3. The molecule has 0 saturated carbocycles. The standard InChI is InChI=1S/C12H14F2N2.C12H15FN2.C12H16N2.C11H12F2N2.C11H14N2.C11H12N2.C10H11ClN2.C10H12N2.2C9H11N3/c1-7(2)10-6-15-12-11(14)9(8(3)13)4-5-16(10)12;1-8(2)11-7-14-12-6-10(9(3)13)4-5-15(11)12;1-4-10-6-5-7-14-11(9(2)3)8-13-12(10)14;1-7(2)9-6-14-11-8(10(12)13)4-3-5-15(9)11;1-8(2)10-6-12-13-7-9(3)4-5-11(10)13;1-8(2)9-4-6-13-11-7-12-5-3-10(9)11;1-7(2)9-6-12-10-8(11)4-3-5-13(9)10;1-8(2)9-5-6-11-12-7-3-4-10(9)12;1-7(2)8-5-10-6-12-4-3-11-9(8)12;1-7(2)8-3-4-11-12-6-5-10-9(8)12/h4-8H,1-3H3;4-9H,1-3H3;5-9H,4H2,1-3H3;3-7,10H,1-2H3;4-8H,1-3H3;3-8H,1-2H3;3-7H,1-2H3;3-8H,1-2H3;2*3-7H,1-2H3. The molecule has 0 amide bonds. The molecule has 20 aromatic heterocycles. The molecule has 20 aromatic rings. The number of aryl methyl sites for hydroxylation is 2. The van der Waals surface area contributed by atoms with E-state index in [9.17, 15) is 22.0 Å². The van der Waals surface area contributed by atoms with Crippen molar-refractivity contribution in [3.8, 4) is 0 Å². The Morgan fingerprint density at radius 3 is 1.46 bits per heavy atom. The number of alkyl halides is 4. The zero-order valence-electron chi connectivity index (χ0n) is 82.0. The minimum Gasteiger partial charge on any atom is -0.304 e. The number of halogens is 6. The first kappa shape index (κ1) is 102. The third-order valence-corrected chi connectivity index (χ3v) is 23.3. The third kappa shape index (κ3) is 25.0. The van der Waals surface area contributed by atoms with Crippen LogP contribution >= 0.6 is 11.6 Å². The van der Waals surface area contributed by atoms with E-state index in [2.05, 4.69) is 249 Å². The van der Waals surface area contributed by atoms with Crippen LogP contribution in [0.3, 0.4) is 0 Å². The van der Waals surface area contributed by atoms with Crippen molar-refractivity contribution in [3.05, 3.63) is 347 Å². The van der Waals surface area contributed by atoms with Crippen LogP contribution in [0.2, 0.25) is 5.02 Å². The number of rotatable bonds is 14. The van der Waals surface area contributed by atoms with Crippen LogP contribution in [0.5, 0.6) is 0 Å². The van der Waals surface area contributed by atoms with E-state index in [4.69, 9.17) is 11.6 Å². The van der Waals surface area contributed by atoms with Crippen LogP contribution < -0.4 is 0 Å². The van der Waals surface area contributed by atoms with Gasteiger partial charge in [0.1, 0.15) is 41.3 Å². The average Bonchev–Trinajstić information content (AvgIpc) is 1.75. The smallest absolute Gasteiger partial charge is 0.267 e. The first-order valence-corrected chi connectivity index (χ1v) is 46.7. The summed E-state index contributed by atoms with van der Waals surface area (Å²) < 4.78 is 82.6. The lowest BCUT2D eigenvalue weighted by Crippen LogP contribution is -2.00. The number of nitrogens with zero attached hydrogens (tertiary/aromatic N) is 22. The normalized spacial score (nSPS) is 11.9. The molecule has 0 aliphatic carbocycles. The Balaban J connectivity index is 0.000000144. The largest absolute Gasteiger partial charge is 0.304 e. The molecular formula is C107H128ClF5N22. The SMILES string of the molecule is CC(C)c1ccnc2cnccc12.CC(C)c1ccnn2cccc12.CC(C)c1ccnn2ccnc12.CC(C)c1cnc2c(C(F)F)cccn12.CC(C)c1cnc2c(Cl)cccn12.CC(C)c1cnc2c(F)c(C(C)F)ccn12.CC(C)c1cnc2cc(C(C)F)ccn12.CC(C)c1cncn2ccnc12.CCc1cccn2c(C(C)C)cnc12.Cc1ccc2c(C(C)C)cnn2c1. The second kappa shape index (κ2) is 47.0. The van der Waals surface area contributed by atoms with Crippen molar-refractivity contribution in [2.75, 3.05) is 0 Å². The summed E-state index contributed by atoms with van der Waals surface area (Å²) in [5.41, 5.74) is 24.0. The Bertz CT molecular complexity index is 6980. The predicted octanol–water partition coefficient (Wildman–Crippen LogP) is 28.3. The highest BCUT2D eigenvalue weighted by Crippen LogP contribution is 2.32. The van der Waals surface area contributed by atoms with Gasteiger partial charge in [-0.05, 0) is 205 Å². The molecule has 2 unspecified atom stereocenters. The summed E-state index contributed by atoms with van der Waals surface area (Å²) in [6.45, 7) is 49.8. The Morgan fingerprint density at radius 2 is 0.852 bits per heavy atom. The minimum absolute atomic E-state index is 0.00981. The van der Waals surface area contributed by atoms with E-state index < -0.39 is 24.6 Å². The molecule has 28 heteroatoms. The van der Waals surface area contributed by atoms with Crippen molar-refractivity contribution in [3.63, 3.8) is 0 Å². The van der Waals surface area contributed by atoms with Gasteiger partial charge in [-0.3, -0.25) is 14.4 Å². The zero-order valence-corrected chi connectivity index (χ0v) is 82.7. The number of pyridine rings is 8. The minimum atomic E-state index is -2.48. The highest BCUT2D eigenvalue weighted by Gasteiger charge is 2.21. The first-order chi connectivity index (χ1) is 64.5. The summed E-state index contributed by atoms with van der Waals surface area (Å²) >= 11 is 5.99. The zero-order chi connectivity index (χ0) is 97.8. The molecule has 22 nitrogen and oxygen atoms in total. The monoisotopic (exact) mass is 1850 g/mol. The van der Waals surface area contributed by atoms with Gasteiger partial charge in [-0.15, -0.1) is 0 Å². The van der Waals surface area contributed by atoms with Crippen LogP contribution in [0.4, 0.5) is 22.0 Å². The van der Waals surface area contributed by atoms with Crippen molar-refractivity contribution in [1.82, 2.24) is 105 Å². The van der Waals surface area contributed by atoms with E-state index >= 15 is 0 Å². The van der Waals surface area contributed by atoms with E-state index in [0.29, 0.717) is 63.6 Å². The maximum Gasteiger partial charge on any atom is 0.267 e. The second-order valence-corrected chi connectivity index (χ2v) is 36.7. The molecule has 0 aliphatic heterocycles. The first-order valence-electron chi connectivity index (χ1n) is 46.3. The molecule has 0 radical (unpaired) electrons. The van der Waals surface area contributed by atoms with Gasteiger partial charge in [0, 0.05) is 186 Å². The van der Waals surface area contributed by atoms with Crippen molar-refractivity contribution in [2.24, 2.45) is 0 Å². The number of imidazole rings is 7. The van der Waals surface area contributed by atoms with Gasteiger partial charge in [0.15, 0.2) is 22.8 Å². The van der Waals surface area contributed by atoms with Crippen LogP contribution in [0.1, 0.15) is 321 Å². The molecule has 135 heavy (non-hydrogen) atoms. The van der Waals surface area contributed by atoms with Gasteiger partial charge in [0.2, 0.25) is 0 Å². The van der Waals surface area contributed by atoms with Gasteiger partial charge in [0.25, 0.3) is 6.43 Å². The molecule has 0 aromatic carbocycles. The highest BCUT2D eigenvalue weighted by atomic mass is 35.5. The van der Waals surface area contributed by atoms with Crippen molar-refractivity contribution < 1.29 is 22.0 Å². The lowest BCUT2D eigenvalue weighted by molar-refractivity contribution is 0.152. The van der Waals surface area contributed by atoms with Crippen LogP contribution in [-0.2, 0) is 6.42 Å². The fraction of sp³-hybridized carbons (Fsp3) is 0.355. The molecule has 0 fully saturated rings. The van der Waals surface area contributed by atoms with Crippen LogP contribution in [-0.4, -0.2) is 105 Å². The highest BCUT2D eigenvalue weighted by molar-refractivity contribution is 6.33. The molecule has 0 bridgehead atoms. The summed E-state index contributed by atoms with van der Waals surface area (Å²) in [4.78, 5) is 42.0. The van der Waals surface area contributed by atoms with Gasteiger partial charge in [-0.25, -0.2) is 75.4 Å². The lowest BCUT2D eigenvalue weighted by atomic mass is 10.0. The number of fused-ring (bicyclic) bond motifs is 10. The Morgan fingerprint density at radius 1 is 0.333 bits per heavy atom. The third-order valence-electron chi connectivity index (χ3n) is 23.0. The van der Waals surface area contributed by atoms with E-state index in [-0.39, 0.29) is 28.6 Å². The van der Waals surface area contributed by atoms with Gasteiger partial charge in [-0.2, -0.15) is 15.3 Å². The number of hydrogen-bond acceptors (Lipinski definition) is 13. The van der Waals surface area contributed by atoms with E-state index in [1.165, 1.54) is 92.7 Å². The number of aromatic nitrogens is 22. The summed E-state index contributed by atoms with van der Waals surface area (Å²) in [6, 6.07) is 32.7. The molecule has 2 atom stereocenters. The Hall–Kier alpha value is -13.4. The molecule has 0 spiro atoms. The topological polar surface area (TPSA) is 207 Å². The van der Waals surface area contributed by atoms with Crippen LogP contribution in [0.15, 0.2) is 252 Å². The van der Waals surface area contributed by atoms with Crippen LogP contribution in [0.25, 0.3) is 61.5 Å². The lowest BCUT2D eigenvalue weighted by Gasteiger charge is -2.08. The summed E-state index contributed by atoms with van der Waals surface area (Å²) in [5, 5.41) is 14.6. The predicted molar refractivity (Wildman–Crippen MR) is 536 cm³/mol. The Kier molecular flexibility index (Phi) is 35.5. The van der Waals surface area contributed by atoms with Gasteiger partial charge in [0.05, 0.1) is 39.5 Å². The van der Waals surface area contributed by atoms with Gasteiger partial charge >= 0.3 is 0 Å². The van der Waals surface area contributed by atoms with Crippen molar-refractivity contribution in [2.45, 2.75) is 251 Å². The maximum absolute atomic E-state index is 13.9. The van der Waals surface area contributed by atoms with Crippen LogP contribution in [0, 0.1) is 12.7 Å². The summed E-state index contributed by atoms with van der Waals surface area (Å²) in [5.74, 6) is 3.99. The fourth-order valence-electron chi connectivity index (χ4n) is 15.5. The number of hydrogen-bond donors (Lipinski definition) is 0. The molecular weight excluding hydrogens is 1720 g/mol.